The van der Waals surface area contributed by atoms with Crippen LogP contribution in [-0.2, 0) is 19.5 Å². The number of fused-ring (bicyclic) bond motifs is 2. The first kappa shape index (κ1) is 36.7. The zero-order valence-corrected chi connectivity index (χ0v) is 31.0. The lowest BCUT2D eigenvalue weighted by Gasteiger charge is -2.39. The van der Waals surface area contributed by atoms with Gasteiger partial charge in [-0.05, 0) is 100 Å². The molecule has 2 fully saturated rings. The van der Waals surface area contributed by atoms with Crippen molar-refractivity contribution in [2.75, 3.05) is 56.9 Å². The third kappa shape index (κ3) is 7.99. The highest BCUT2D eigenvalue weighted by molar-refractivity contribution is 7.92. The van der Waals surface area contributed by atoms with Crippen LogP contribution < -0.4 is 14.4 Å². The molecule has 1 N–H and O–H groups in total. The number of halogens is 1. The number of likely N-dealkylation sites (tertiary alicyclic amines) is 2. The van der Waals surface area contributed by atoms with Crippen molar-refractivity contribution in [1.82, 2.24) is 15.1 Å². The number of rotatable bonds is 8. The van der Waals surface area contributed by atoms with Crippen LogP contribution in [0.2, 0.25) is 0 Å². The molecule has 3 aliphatic heterocycles. The van der Waals surface area contributed by atoms with Gasteiger partial charge < -0.3 is 33.7 Å². The van der Waals surface area contributed by atoms with E-state index in [1.807, 2.05) is 0 Å². The van der Waals surface area contributed by atoms with Gasteiger partial charge in [0.25, 0.3) is 5.91 Å². The Labute approximate surface area is 308 Å². The van der Waals surface area contributed by atoms with E-state index in [0.29, 0.717) is 58.4 Å². The highest BCUT2D eigenvalue weighted by atomic mass is 32.2. The van der Waals surface area contributed by atoms with E-state index in [4.69, 9.17) is 18.6 Å². The second-order valence-electron chi connectivity index (χ2n) is 14.0. The number of carbonyl (C=O) groups excluding carboxylic acids is 2. The highest BCUT2D eigenvalue weighted by Gasteiger charge is 2.35. The third-order valence-electron chi connectivity index (χ3n) is 10.4. The Morgan fingerprint density at radius 2 is 1.60 bits per heavy atom. The summed E-state index contributed by atoms with van der Waals surface area (Å²) in [5.74, 6) is 0.490. The highest BCUT2D eigenvalue weighted by Crippen LogP contribution is 2.42. The van der Waals surface area contributed by atoms with E-state index in [2.05, 4.69) is 10.2 Å². The minimum Gasteiger partial charge on any atom is -0.457 e. The summed E-state index contributed by atoms with van der Waals surface area (Å²) < 4.78 is 65.4. The fourth-order valence-corrected chi connectivity index (χ4v) is 8.56. The van der Waals surface area contributed by atoms with Gasteiger partial charge in [0.2, 0.25) is 10.0 Å². The quantitative estimate of drug-likeness (QED) is 0.209. The van der Waals surface area contributed by atoms with E-state index in [1.165, 1.54) is 54.9 Å². The summed E-state index contributed by atoms with van der Waals surface area (Å²) in [6.07, 6.45) is 4.86. The van der Waals surface area contributed by atoms with Gasteiger partial charge in [0.05, 0.1) is 30.2 Å². The first-order valence-corrected chi connectivity index (χ1v) is 20.0. The topological polar surface area (TPSA) is 131 Å². The number of nitrogens with zero attached hydrogens (tertiary/aromatic N) is 3. The van der Waals surface area contributed by atoms with Crippen LogP contribution in [0, 0.1) is 5.82 Å². The van der Waals surface area contributed by atoms with Crippen LogP contribution >= 0.6 is 0 Å². The standard InChI is InChI=1S/C39H45FN4O8S/c1-25-32-21-33-35(52-37(36(33)38(45)41-2)26-7-11-29(12-8-26)51-30-13-9-27(40)10-14-30)22-34(32)44(53(3,47)48)23-31(50-25)24-49-39(46)43-19-15-28(16-20-43)42-17-5-4-6-18-42/h7-14,21-22,25,28,31H,4-6,15-20,23-24H2,1-3H3,(H,41,45). The molecule has 7 rings (SSSR count). The van der Waals surface area contributed by atoms with Gasteiger partial charge in [-0.3, -0.25) is 9.10 Å². The van der Waals surface area contributed by atoms with E-state index < -0.39 is 34.2 Å². The fourth-order valence-electron chi connectivity index (χ4n) is 7.60. The molecule has 4 heterocycles. The Balaban J connectivity index is 1.11. The number of benzene rings is 3. The summed E-state index contributed by atoms with van der Waals surface area (Å²) in [5.41, 5.74) is 2.06. The second-order valence-corrected chi connectivity index (χ2v) is 15.9. The zero-order valence-electron chi connectivity index (χ0n) is 30.2. The number of nitrogens with one attached hydrogen (secondary N) is 1. The number of hydrogen-bond donors (Lipinski definition) is 1. The summed E-state index contributed by atoms with van der Waals surface area (Å²) in [6, 6.07) is 16.4. The molecule has 0 spiro atoms. The van der Waals surface area contributed by atoms with Crippen LogP contribution in [0.3, 0.4) is 0 Å². The predicted molar refractivity (Wildman–Crippen MR) is 198 cm³/mol. The van der Waals surface area contributed by atoms with Gasteiger partial charge in [0, 0.05) is 48.8 Å². The van der Waals surface area contributed by atoms with E-state index >= 15 is 0 Å². The van der Waals surface area contributed by atoms with E-state index in [1.54, 1.807) is 48.2 Å². The van der Waals surface area contributed by atoms with Crippen LogP contribution in [0.5, 0.6) is 11.5 Å². The smallest absolute Gasteiger partial charge is 0.409 e. The monoisotopic (exact) mass is 748 g/mol. The number of anilines is 1. The maximum absolute atomic E-state index is 13.4. The first-order valence-electron chi connectivity index (χ1n) is 18.1. The van der Waals surface area contributed by atoms with E-state index in [9.17, 15) is 22.4 Å². The molecule has 2 amide bonds. The Bertz CT molecular complexity index is 2060. The summed E-state index contributed by atoms with van der Waals surface area (Å²) in [7, 11) is -2.31. The maximum atomic E-state index is 13.4. The molecule has 53 heavy (non-hydrogen) atoms. The molecule has 0 aliphatic carbocycles. The van der Waals surface area contributed by atoms with Crippen molar-refractivity contribution in [1.29, 1.82) is 0 Å². The zero-order chi connectivity index (χ0) is 37.3. The molecule has 2 unspecified atom stereocenters. The molecule has 3 aromatic carbocycles. The largest absolute Gasteiger partial charge is 0.457 e. The summed E-state index contributed by atoms with van der Waals surface area (Å²) in [4.78, 5) is 30.8. The second kappa shape index (κ2) is 15.4. The molecule has 0 bridgehead atoms. The Hall–Kier alpha value is -4.66. The van der Waals surface area contributed by atoms with Crippen molar-refractivity contribution in [2.24, 2.45) is 0 Å². The van der Waals surface area contributed by atoms with E-state index in [0.717, 1.165) is 32.2 Å². The van der Waals surface area contributed by atoms with Crippen molar-refractivity contribution in [3.05, 3.63) is 77.6 Å². The van der Waals surface area contributed by atoms with E-state index in [-0.39, 0.29) is 30.3 Å². The molecule has 282 valence electrons. The van der Waals surface area contributed by atoms with Crippen molar-refractivity contribution in [3.8, 4) is 22.8 Å². The summed E-state index contributed by atoms with van der Waals surface area (Å²) >= 11 is 0. The van der Waals surface area contributed by atoms with Gasteiger partial charge in [-0.25, -0.2) is 17.6 Å². The predicted octanol–water partition coefficient (Wildman–Crippen LogP) is 6.70. The number of ether oxygens (including phenoxy) is 3. The minimum absolute atomic E-state index is 0.0859. The van der Waals surface area contributed by atoms with Crippen molar-refractivity contribution < 1.29 is 41.0 Å². The summed E-state index contributed by atoms with van der Waals surface area (Å²) in [6.45, 7) is 5.07. The molecule has 0 radical (unpaired) electrons. The molecule has 2 atom stereocenters. The normalized spacial score (nSPS) is 20.2. The van der Waals surface area contributed by atoms with Crippen LogP contribution in [0.25, 0.3) is 22.3 Å². The van der Waals surface area contributed by atoms with Crippen LogP contribution in [-0.4, -0.2) is 95.0 Å². The van der Waals surface area contributed by atoms with Gasteiger partial charge in [-0.15, -0.1) is 0 Å². The number of furan rings is 1. The molecule has 1 aromatic heterocycles. The average molecular weight is 749 g/mol. The number of sulfonamides is 1. The Morgan fingerprint density at radius 1 is 0.943 bits per heavy atom. The van der Waals surface area contributed by atoms with Crippen LogP contribution in [0.1, 0.15) is 61.1 Å². The lowest BCUT2D eigenvalue weighted by Crippen LogP contribution is -2.48. The maximum Gasteiger partial charge on any atom is 0.409 e. The van der Waals surface area contributed by atoms with Gasteiger partial charge in [-0.2, -0.15) is 0 Å². The molecule has 12 nitrogen and oxygen atoms in total. The molecule has 2 saturated heterocycles. The van der Waals surface area contributed by atoms with Crippen LogP contribution in [0.15, 0.2) is 65.1 Å². The fraction of sp³-hybridized carbons (Fsp3) is 0.436. The molecular formula is C39H45FN4O8S. The van der Waals surface area contributed by atoms with Gasteiger partial charge in [-0.1, -0.05) is 6.42 Å². The van der Waals surface area contributed by atoms with Crippen molar-refractivity contribution in [2.45, 2.75) is 57.3 Å². The Kier molecular flexibility index (Phi) is 10.6. The van der Waals surface area contributed by atoms with Gasteiger partial charge in [0.15, 0.2) is 0 Å². The molecule has 0 saturated carbocycles. The van der Waals surface area contributed by atoms with Crippen LogP contribution in [0.4, 0.5) is 14.9 Å². The number of hydrogen-bond acceptors (Lipinski definition) is 9. The molecular weight excluding hydrogens is 704 g/mol. The molecule has 4 aromatic rings. The number of carbonyl (C=O) groups is 2. The molecule has 14 heteroatoms. The number of piperidine rings is 2. The first-order chi connectivity index (χ1) is 25.5. The Morgan fingerprint density at radius 3 is 2.25 bits per heavy atom. The minimum atomic E-state index is -3.83. The lowest BCUT2D eigenvalue weighted by atomic mass is 10.0. The average Bonchev–Trinajstić information content (AvgIpc) is 3.47. The summed E-state index contributed by atoms with van der Waals surface area (Å²) in [5, 5.41) is 3.17. The third-order valence-corrected chi connectivity index (χ3v) is 11.5. The van der Waals surface area contributed by atoms with Gasteiger partial charge >= 0.3 is 6.09 Å². The van der Waals surface area contributed by atoms with Gasteiger partial charge in [0.1, 0.15) is 41.4 Å². The molecule has 3 aliphatic rings. The SMILES string of the molecule is CNC(=O)c1c(-c2ccc(Oc3ccc(F)cc3)cc2)oc2cc3c(cc12)C(C)OC(COC(=O)N1CCC(N2CCCCC2)CC1)CN3S(C)(=O)=O. The van der Waals surface area contributed by atoms with Crippen molar-refractivity contribution in [3.63, 3.8) is 0 Å². The van der Waals surface area contributed by atoms with Crippen molar-refractivity contribution >= 4 is 38.7 Å². The number of amides is 2. The lowest BCUT2D eigenvalue weighted by molar-refractivity contribution is -0.0337.